The number of hydrogen-bond donors (Lipinski definition) is 2. The molecule has 1 fully saturated rings. The van der Waals surface area contributed by atoms with Gasteiger partial charge in [-0.2, -0.15) is 0 Å². The summed E-state index contributed by atoms with van der Waals surface area (Å²) >= 11 is 0. The Balaban J connectivity index is 1.88. The Hall–Kier alpha value is -1.95. The molecule has 1 amide bonds. The first-order valence-corrected chi connectivity index (χ1v) is 9.03. The number of likely N-dealkylation sites (tertiary alicyclic amines) is 1. The first-order valence-electron chi connectivity index (χ1n) is 9.03. The van der Waals surface area contributed by atoms with Gasteiger partial charge in [-0.1, -0.05) is 0 Å². The second kappa shape index (κ2) is 9.51. The quantitative estimate of drug-likeness (QED) is 0.692. The van der Waals surface area contributed by atoms with Gasteiger partial charge >= 0.3 is 0 Å². The SMILES string of the molecule is CC[NH+]1CCC[C@@H]1CNC(=O)CCc1cc(OC)c(OC)c(OC)c1. The molecule has 0 radical (unpaired) electrons. The van der Waals surface area contributed by atoms with E-state index >= 15 is 0 Å². The van der Waals surface area contributed by atoms with Crippen molar-refractivity contribution in [1.82, 2.24) is 5.32 Å². The fourth-order valence-corrected chi connectivity index (χ4v) is 3.56. The Morgan fingerprint density at radius 1 is 1.20 bits per heavy atom. The first kappa shape index (κ1) is 19.4. The highest BCUT2D eigenvalue weighted by molar-refractivity contribution is 5.76. The predicted octanol–water partition coefficient (Wildman–Crippen LogP) is 0.828. The van der Waals surface area contributed by atoms with Gasteiger partial charge in [0.2, 0.25) is 11.7 Å². The zero-order valence-electron chi connectivity index (χ0n) is 15.8. The number of likely N-dealkylation sites (N-methyl/N-ethyl adjacent to an activating group) is 1. The van der Waals surface area contributed by atoms with Crippen LogP contribution in [-0.4, -0.2) is 52.9 Å². The Morgan fingerprint density at radius 3 is 2.44 bits per heavy atom. The predicted molar refractivity (Wildman–Crippen MR) is 96.8 cm³/mol. The molecule has 0 saturated carbocycles. The van der Waals surface area contributed by atoms with Gasteiger partial charge in [0, 0.05) is 19.3 Å². The number of hydrogen-bond acceptors (Lipinski definition) is 4. The van der Waals surface area contributed by atoms with Crippen LogP contribution in [0.2, 0.25) is 0 Å². The van der Waals surface area contributed by atoms with E-state index < -0.39 is 0 Å². The van der Waals surface area contributed by atoms with Crippen molar-refractivity contribution in [1.29, 1.82) is 0 Å². The number of methoxy groups -OCH3 is 3. The number of nitrogens with one attached hydrogen (secondary N) is 2. The van der Waals surface area contributed by atoms with E-state index in [1.165, 1.54) is 19.4 Å². The second-order valence-corrected chi connectivity index (χ2v) is 6.44. The third-order valence-electron chi connectivity index (χ3n) is 4.99. The van der Waals surface area contributed by atoms with Crippen molar-refractivity contribution in [2.24, 2.45) is 0 Å². The van der Waals surface area contributed by atoms with Crippen molar-refractivity contribution < 1.29 is 23.9 Å². The van der Waals surface area contributed by atoms with Crippen LogP contribution >= 0.6 is 0 Å². The number of carbonyl (C=O) groups excluding carboxylic acids is 1. The average molecular weight is 351 g/mol. The van der Waals surface area contributed by atoms with E-state index in [0.29, 0.717) is 36.1 Å². The number of benzene rings is 1. The van der Waals surface area contributed by atoms with Gasteiger partial charge in [-0.3, -0.25) is 4.79 Å². The zero-order valence-corrected chi connectivity index (χ0v) is 15.8. The molecule has 0 aromatic heterocycles. The third kappa shape index (κ3) is 5.01. The molecule has 140 valence electrons. The lowest BCUT2D eigenvalue weighted by atomic mass is 10.1. The Labute approximate surface area is 150 Å². The third-order valence-corrected chi connectivity index (χ3v) is 4.99. The summed E-state index contributed by atoms with van der Waals surface area (Å²) < 4.78 is 16.0. The summed E-state index contributed by atoms with van der Waals surface area (Å²) in [4.78, 5) is 13.8. The molecule has 1 aromatic carbocycles. The van der Waals surface area contributed by atoms with Crippen LogP contribution in [-0.2, 0) is 11.2 Å². The monoisotopic (exact) mass is 351 g/mol. The van der Waals surface area contributed by atoms with Gasteiger partial charge < -0.3 is 24.4 Å². The molecule has 0 aliphatic carbocycles. The lowest BCUT2D eigenvalue weighted by Crippen LogP contribution is -3.14. The van der Waals surface area contributed by atoms with Crippen LogP contribution in [0.25, 0.3) is 0 Å². The molecule has 2 rings (SSSR count). The van der Waals surface area contributed by atoms with E-state index in [0.717, 1.165) is 18.7 Å². The van der Waals surface area contributed by atoms with E-state index in [1.807, 2.05) is 12.1 Å². The second-order valence-electron chi connectivity index (χ2n) is 6.44. The highest BCUT2D eigenvalue weighted by Gasteiger charge is 2.27. The van der Waals surface area contributed by atoms with Crippen molar-refractivity contribution in [2.75, 3.05) is 41.0 Å². The minimum atomic E-state index is 0.0936. The highest BCUT2D eigenvalue weighted by atomic mass is 16.5. The number of amides is 1. The number of aryl methyl sites for hydroxylation is 1. The number of rotatable bonds is 9. The molecule has 1 aliphatic rings. The van der Waals surface area contributed by atoms with Crippen molar-refractivity contribution in [3.05, 3.63) is 17.7 Å². The van der Waals surface area contributed by atoms with E-state index in [2.05, 4.69) is 12.2 Å². The van der Waals surface area contributed by atoms with Crippen LogP contribution in [0.1, 0.15) is 31.7 Å². The van der Waals surface area contributed by atoms with Crippen LogP contribution in [0.15, 0.2) is 12.1 Å². The normalized spacial score (nSPS) is 19.5. The minimum Gasteiger partial charge on any atom is -0.493 e. The first-order chi connectivity index (χ1) is 12.1. The van der Waals surface area contributed by atoms with Crippen LogP contribution in [0, 0.1) is 0 Å². The largest absolute Gasteiger partial charge is 0.493 e. The topological polar surface area (TPSA) is 61.2 Å². The molecule has 1 heterocycles. The Kier molecular flexibility index (Phi) is 7.37. The maximum atomic E-state index is 12.2. The van der Waals surface area contributed by atoms with Crippen molar-refractivity contribution in [3.8, 4) is 17.2 Å². The molecule has 1 unspecified atom stereocenters. The smallest absolute Gasteiger partial charge is 0.220 e. The summed E-state index contributed by atoms with van der Waals surface area (Å²) in [5, 5.41) is 3.09. The van der Waals surface area contributed by atoms with E-state index in [1.54, 1.807) is 26.2 Å². The lowest BCUT2D eigenvalue weighted by Gasteiger charge is -2.20. The van der Waals surface area contributed by atoms with Crippen molar-refractivity contribution >= 4 is 5.91 Å². The lowest BCUT2D eigenvalue weighted by molar-refractivity contribution is -0.909. The van der Waals surface area contributed by atoms with Gasteiger partial charge in [0.25, 0.3) is 0 Å². The van der Waals surface area contributed by atoms with Crippen LogP contribution in [0.3, 0.4) is 0 Å². The number of quaternary nitrogens is 1. The Bertz CT molecular complexity index is 552. The summed E-state index contributed by atoms with van der Waals surface area (Å²) in [6.07, 6.45) is 3.55. The van der Waals surface area contributed by atoms with Crippen LogP contribution < -0.4 is 24.4 Å². The molecule has 1 saturated heterocycles. The number of ether oxygens (including phenoxy) is 3. The van der Waals surface area contributed by atoms with E-state index in [9.17, 15) is 4.79 Å². The fourth-order valence-electron chi connectivity index (χ4n) is 3.56. The van der Waals surface area contributed by atoms with Gasteiger partial charge in [0.05, 0.1) is 41.0 Å². The molecule has 1 aromatic rings. The summed E-state index contributed by atoms with van der Waals surface area (Å²) in [5.74, 6) is 1.90. The molecular formula is C19H31N2O4+. The van der Waals surface area contributed by atoms with Gasteiger partial charge in [0.1, 0.15) is 6.04 Å². The molecule has 0 spiro atoms. The average Bonchev–Trinajstić information content (AvgIpc) is 3.11. The van der Waals surface area contributed by atoms with Gasteiger partial charge in [-0.15, -0.1) is 0 Å². The fraction of sp³-hybridized carbons (Fsp3) is 0.632. The zero-order chi connectivity index (χ0) is 18.2. The molecule has 2 N–H and O–H groups in total. The van der Waals surface area contributed by atoms with Gasteiger partial charge in [0.15, 0.2) is 11.5 Å². The van der Waals surface area contributed by atoms with Crippen LogP contribution in [0.5, 0.6) is 17.2 Å². The molecule has 6 heteroatoms. The molecule has 1 aliphatic heterocycles. The van der Waals surface area contributed by atoms with Crippen molar-refractivity contribution in [2.45, 2.75) is 38.6 Å². The molecule has 2 atom stereocenters. The van der Waals surface area contributed by atoms with E-state index in [4.69, 9.17) is 14.2 Å². The molecular weight excluding hydrogens is 320 g/mol. The standard InChI is InChI=1S/C19H30N2O4/c1-5-21-10-6-7-15(21)13-20-18(22)9-8-14-11-16(23-2)19(25-4)17(12-14)24-3/h11-12,15H,5-10,13H2,1-4H3,(H,20,22)/p+1/t15-/m1/s1. The maximum absolute atomic E-state index is 12.2. The summed E-state index contributed by atoms with van der Waals surface area (Å²) in [7, 11) is 4.77. The highest BCUT2D eigenvalue weighted by Crippen LogP contribution is 2.38. The van der Waals surface area contributed by atoms with Crippen molar-refractivity contribution in [3.63, 3.8) is 0 Å². The van der Waals surface area contributed by atoms with Crippen LogP contribution in [0.4, 0.5) is 0 Å². The molecule has 0 bridgehead atoms. The van der Waals surface area contributed by atoms with E-state index in [-0.39, 0.29) is 5.91 Å². The van der Waals surface area contributed by atoms with Gasteiger partial charge in [-0.25, -0.2) is 0 Å². The number of carbonyl (C=O) groups is 1. The molecule has 6 nitrogen and oxygen atoms in total. The summed E-state index contributed by atoms with van der Waals surface area (Å²) in [6, 6.07) is 4.36. The summed E-state index contributed by atoms with van der Waals surface area (Å²) in [6.45, 7) is 5.34. The Morgan fingerprint density at radius 2 is 1.88 bits per heavy atom. The minimum absolute atomic E-state index is 0.0936. The van der Waals surface area contributed by atoms with Gasteiger partial charge in [-0.05, 0) is 31.0 Å². The maximum Gasteiger partial charge on any atom is 0.220 e. The summed E-state index contributed by atoms with van der Waals surface area (Å²) in [5.41, 5.74) is 0.992. The molecule has 25 heavy (non-hydrogen) atoms.